The van der Waals surface area contributed by atoms with Crippen molar-refractivity contribution in [3.63, 3.8) is 0 Å². The average molecular weight is 384 g/mol. The summed E-state index contributed by atoms with van der Waals surface area (Å²) in [7, 11) is 0. The highest BCUT2D eigenvalue weighted by Gasteiger charge is 2.46. The van der Waals surface area contributed by atoms with Crippen LogP contribution in [0, 0.1) is 6.92 Å². The van der Waals surface area contributed by atoms with E-state index in [2.05, 4.69) is 4.98 Å². The topological polar surface area (TPSA) is 70.5 Å². The van der Waals surface area contributed by atoms with Crippen molar-refractivity contribution in [2.24, 2.45) is 0 Å². The van der Waals surface area contributed by atoms with Crippen LogP contribution in [0.1, 0.15) is 28.3 Å². The lowest BCUT2D eigenvalue weighted by molar-refractivity contribution is -0.140. The molecule has 5 heteroatoms. The van der Waals surface area contributed by atoms with Gasteiger partial charge in [-0.25, -0.2) is 0 Å². The molecule has 3 aromatic rings. The minimum atomic E-state index is -0.680. The van der Waals surface area contributed by atoms with E-state index in [1.54, 1.807) is 42.7 Å². The molecule has 0 spiro atoms. The summed E-state index contributed by atoms with van der Waals surface area (Å²) >= 11 is 0. The fourth-order valence-electron chi connectivity index (χ4n) is 3.58. The van der Waals surface area contributed by atoms with E-state index in [1.807, 2.05) is 43.3 Å². The molecule has 0 radical (unpaired) electrons. The second-order valence-electron chi connectivity index (χ2n) is 7.06. The molecule has 1 aromatic heterocycles. The number of amides is 1. The first-order valence-electron chi connectivity index (χ1n) is 9.35. The molecule has 0 saturated carbocycles. The van der Waals surface area contributed by atoms with Gasteiger partial charge in [0.2, 0.25) is 0 Å². The first-order valence-corrected chi connectivity index (χ1v) is 9.35. The molecule has 0 bridgehead atoms. The Morgan fingerprint density at radius 2 is 1.72 bits per heavy atom. The Morgan fingerprint density at radius 3 is 2.38 bits per heavy atom. The van der Waals surface area contributed by atoms with Gasteiger partial charge in [0.05, 0.1) is 11.6 Å². The lowest BCUT2D eigenvalue weighted by Gasteiger charge is -2.25. The van der Waals surface area contributed by atoms with E-state index < -0.39 is 17.7 Å². The van der Waals surface area contributed by atoms with Crippen LogP contribution in [-0.2, 0) is 16.1 Å². The number of aryl methyl sites for hydroxylation is 1. The number of pyridine rings is 1. The van der Waals surface area contributed by atoms with E-state index in [-0.39, 0.29) is 17.9 Å². The van der Waals surface area contributed by atoms with E-state index in [1.165, 1.54) is 4.90 Å². The number of ketones is 1. The smallest absolute Gasteiger partial charge is 0.295 e. The van der Waals surface area contributed by atoms with Crippen LogP contribution in [0.3, 0.4) is 0 Å². The highest BCUT2D eigenvalue weighted by molar-refractivity contribution is 6.46. The van der Waals surface area contributed by atoms with Gasteiger partial charge in [0.25, 0.3) is 11.7 Å². The van der Waals surface area contributed by atoms with Crippen LogP contribution in [0.5, 0.6) is 0 Å². The first-order chi connectivity index (χ1) is 14.1. The summed E-state index contributed by atoms with van der Waals surface area (Å²) in [5.74, 6) is -1.47. The van der Waals surface area contributed by atoms with Gasteiger partial charge in [-0.15, -0.1) is 0 Å². The summed E-state index contributed by atoms with van der Waals surface area (Å²) in [5, 5.41) is 10.9. The molecule has 1 amide bonds. The first kappa shape index (κ1) is 18.6. The number of hydrogen-bond acceptors (Lipinski definition) is 4. The molecule has 0 unspecified atom stereocenters. The van der Waals surface area contributed by atoms with Crippen molar-refractivity contribution in [1.29, 1.82) is 0 Å². The zero-order valence-corrected chi connectivity index (χ0v) is 15.9. The highest BCUT2D eigenvalue weighted by atomic mass is 16.3. The molecule has 2 aromatic carbocycles. The zero-order valence-electron chi connectivity index (χ0n) is 15.9. The van der Waals surface area contributed by atoms with Crippen molar-refractivity contribution >= 4 is 17.4 Å². The van der Waals surface area contributed by atoms with Crippen LogP contribution < -0.4 is 0 Å². The zero-order chi connectivity index (χ0) is 20.4. The van der Waals surface area contributed by atoms with E-state index in [0.29, 0.717) is 5.56 Å². The summed E-state index contributed by atoms with van der Waals surface area (Å²) in [5.41, 5.74) is 3.27. The summed E-state index contributed by atoms with van der Waals surface area (Å²) in [6.07, 6.45) is 3.33. The number of aliphatic hydroxyl groups is 1. The molecule has 2 heterocycles. The number of Topliss-reactive ketones (excluding diaryl/α,β-unsaturated/α-hetero) is 1. The third kappa shape index (κ3) is 3.55. The third-order valence-corrected chi connectivity index (χ3v) is 5.06. The van der Waals surface area contributed by atoms with Crippen molar-refractivity contribution in [3.05, 3.63) is 107 Å². The summed E-state index contributed by atoms with van der Waals surface area (Å²) < 4.78 is 0. The molecule has 29 heavy (non-hydrogen) atoms. The van der Waals surface area contributed by atoms with Crippen molar-refractivity contribution in [2.45, 2.75) is 19.5 Å². The second-order valence-corrected chi connectivity index (χ2v) is 7.06. The molecular formula is C24H20N2O3. The maximum atomic E-state index is 12.9. The van der Waals surface area contributed by atoms with Crippen LogP contribution in [0.25, 0.3) is 5.76 Å². The SMILES string of the molecule is Cc1ccc([C@@H]2/C(=C(\O)c3ccccc3)C(=O)C(=O)N2Cc2cccnc2)cc1. The van der Waals surface area contributed by atoms with Gasteiger partial charge in [-0.05, 0) is 24.1 Å². The van der Waals surface area contributed by atoms with Crippen LogP contribution in [-0.4, -0.2) is 26.7 Å². The number of aliphatic hydroxyl groups excluding tert-OH is 1. The van der Waals surface area contributed by atoms with E-state index in [4.69, 9.17) is 0 Å². The Hall–Kier alpha value is -3.73. The standard InChI is InChI=1S/C24H20N2O3/c1-16-9-11-18(12-10-16)21-20(22(27)19-7-3-2-4-8-19)23(28)24(29)26(21)15-17-6-5-13-25-14-17/h2-14,21,27H,15H2,1H3/b22-20+/t21-/m1/s1. The van der Waals surface area contributed by atoms with Gasteiger partial charge < -0.3 is 10.0 Å². The fourth-order valence-corrected chi connectivity index (χ4v) is 3.58. The molecular weight excluding hydrogens is 364 g/mol. The number of rotatable bonds is 4. The average Bonchev–Trinajstić information content (AvgIpc) is 3.00. The van der Waals surface area contributed by atoms with Crippen LogP contribution in [0.4, 0.5) is 0 Å². The number of hydrogen-bond donors (Lipinski definition) is 1. The number of aromatic nitrogens is 1. The van der Waals surface area contributed by atoms with E-state index in [0.717, 1.165) is 16.7 Å². The van der Waals surface area contributed by atoms with Gasteiger partial charge in [0, 0.05) is 24.5 Å². The number of carbonyl (C=O) groups excluding carboxylic acids is 2. The molecule has 1 saturated heterocycles. The normalized spacial score (nSPS) is 18.2. The van der Waals surface area contributed by atoms with Crippen molar-refractivity contribution in [1.82, 2.24) is 9.88 Å². The van der Waals surface area contributed by atoms with Crippen LogP contribution in [0.2, 0.25) is 0 Å². The van der Waals surface area contributed by atoms with E-state index in [9.17, 15) is 14.7 Å². The Morgan fingerprint density at radius 1 is 1.00 bits per heavy atom. The number of nitrogens with zero attached hydrogens (tertiary/aromatic N) is 2. The molecule has 1 N–H and O–H groups in total. The maximum absolute atomic E-state index is 12.9. The van der Waals surface area contributed by atoms with Gasteiger partial charge >= 0.3 is 0 Å². The molecule has 5 nitrogen and oxygen atoms in total. The molecule has 0 aliphatic carbocycles. The molecule has 1 aliphatic rings. The van der Waals surface area contributed by atoms with Crippen molar-refractivity contribution in [3.8, 4) is 0 Å². The molecule has 144 valence electrons. The Balaban J connectivity index is 1.86. The fraction of sp³-hybridized carbons (Fsp3) is 0.125. The van der Waals surface area contributed by atoms with Gasteiger partial charge in [-0.2, -0.15) is 0 Å². The van der Waals surface area contributed by atoms with Gasteiger partial charge in [0.15, 0.2) is 0 Å². The number of benzene rings is 2. The summed E-state index contributed by atoms with van der Waals surface area (Å²) in [6, 6.07) is 19.4. The summed E-state index contributed by atoms with van der Waals surface area (Å²) in [4.78, 5) is 31.5. The summed E-state index contributed by atoms with van der Waals surface area (Å²) in [6.45, 7) is 2.20. The minimum absolute atomic E-state index is 0.106. The minimum Gasteiger partial charge on any atom is -0.507 e. The molecule has 1 aliphatic heterocycles. The predicted octanol–water partition coefficient (Wildman–Crippen LogP) is 4.01. The number of likely N-dealkylation sites (tertiary alicyclic amines) is 1. The lowest BCUT2D eigenvalue weighted by atomic mass is 9.94. The van der Waals surface area contributed by atoms with Crippen LogP contribution >= 0.6 is 0 Å². The molecule has 1 fully saturated rings. The quantitative estimate of drug-likeness (QED) is 0.419. The Bertz CT molecular complexity index is 1070. The number of carbonyl (C=O) groups is 2. The predicted molar refractivity (Wildman–Crippen MR) is 110 cm³/mol. The van der Waals surface area contributed by atoms with E-state index >= 15 is 0 Å². The second kappa shape index (κ2) is 7.72. The monoisotopic (exact) mass is 384 g/mol. The van der Waals surface area contributed by atoms with Gasteiger partial charge in [-0.3, -0.25) is 14.6 Å². The third-order valence-electron chi connectivity index (χ3n) is 5.06. The largest absolute Gasteiger partial charge is 0.507 e. The van der Waals surface area contributed by atoms with Gasteiger partial charge in [0.1, 0.15) is 5.76 Å². The lowest BCUT2D eigenvalue weighted by Crippen LogP contribution is -2.29. The van der Waals surface area contributed by atoms with Crippen molar-refractivity contribution in [2.75, 3.05) is 0 Å². The molecule has 1 atom stereocenters. The Kier molecular flexibility index (Phi) is 4.96. The van der Waals surface area contributed by atoms with Crippen LogP contribution in [0.15, 0.2) is 84.7 Å². The molecule has 4 rings (SSSR count). The van der Waals surface area contributed by atoms with Gasteiger partial charge in [-0.1, -0.05) is 66.2 Å². The highest BCUT2D eigenvalue weighted by Crippen LogP contribution is 2.40. The Labute approximate surface area is 169 Å². The maximum Gasteiger partial charge on any atom is 0.295 e. The van der Waals surface area contributed by atoms with Crippen molar-refractivity contribution < 1.29 is 14.7 Å².